The normalized spacial score (nSPS) is 11.7. The Balaban J connectivity index is 2.11. The van der Waals surface area contributed by atoms with Gasteiger partial charge < -0.3 is 5.32 Å². The molecule has 1 aromatic rings. The minimum atomic E-state index is 0.293. The van der Waals surface area contributed by atoms with E-state index >= 15 is 0 Å². The summed E-state index contributed by atoms with van der Waals surface area (Å²) < 4.78 is 0. The molecule has 0 amide bonds. The highest BCUT2D eigenvalue weighted by atomic mass is 35.5. The molecule has 0 fully saturated rings. The second-order valence-electron chi connectivity index (χ2n) is 5.46. The molecule has 0 heterocycles. The molecule has 2 heteroatoms. The van der Waals surface area contributed by atoms with E-state index in [0.717, 1.165) is 31.8 Å². The summed E-state index contributed by atoms with van der Waals surface area (Å²) in [6.45, 7) is 6.63. The fourth-order valence-electron chi connectivity index (χ4n) is 2.31. The summed E-state index contributed by atoms with van der Waals surface area (Å²) in [5.74, 6) is 0.761. The summed E-state index contributed by atoms with van der Waals surface area (Å²) in [4.78, 5) is 0. The molecular formula is C17H28ClN. The SMILES string of the molecule is CCC(CC)(CCl)CNCCCCc1ccccc1. The van der Waals surface area contributed by atoms with Gasteiger partial charge >= 0.3 is 0 Å². The van der Waals surface area contributed by atoms with Crippen molar-refractivity contribution in [2.75, 3.05) is 19.0 Å². The molecule has 19 heavy (non-hydrogen) atoms. The van der Waals surface area contributed by atoms with Crippen molar-refractivity contribution < 1.29 is 0 Å². The molecule has 0 aliphatic rings. The van der Waals surface area contributed by atoms with Crippen LogP contribution >= 0.6 is 11.6 Å². The molecule has 0 saturated carbocycles. The summed E-state index contributed by atoms with van der Waals surface area (Å²) in [5.41, 5.74) is 1.74. The maximum Gasteiger partial charge on any atom is 0.0291 e. The number of unbranched alkanes of at least 4 members (excludes halogenated alkanes) is 1. The van der Waals surface area contributed by atoms with Crippen LogP contribution < -0.4 is 5.32 Å². The predicted octanol–water partition coefficient (Wildman–Crippen LogP) is 4.64. The van der Waals surface area contributed by atoms with Crippen LogP contribution in [0.25, 0.3) is 0 Å². The van der Waals surface area contributed by atoms with Crippen molar-refractivity contribution in [3.8, 4) is 0 Å². The topological polar surface area (TPSA) is 12.0 Å². The number of hydrogen-bond donors (Lipinski definition) is 1. The highest BCUT2D eigenvalue weighted by molar-refractivity contribution is 6.18. The molecular weight excluding hydrogens is 254 g/mol. The summed E-state index contributed by atoms with van der Waals surface area (Å²) in [6, 6.07) is 10.7. The van der Waals surface area contributed by atoms with Crippen molar-refractivity contribution in [3.05, 3.63) is 35.9 Å². The van der Waals surface area contributed by atoms with Gasteiger partial charge in [0, 0.05) is 12.4 Å². The van der Waals surface area contributed by atoms with Crippen molar-refractivity contribution in [3.63, 3.8) is 0 Å². The molecule has 0 aliphatic heterocycles. The summed E-state index contributed by atoms with van der Waals surface area (Å²) in [6.07, 6.45) is 5.99. The number of hydrogen-bond acceptors (Lipinski definition) is 1. The number of benzene rings is 1. The van der Waals surface area contributed by atoms with E-state index in [1.54, 1.807) is 0 Å². The maximum absolute atomic E-state index is 6.10. The third kappa shape index (κ3) is 5.97. The van der Waals surface area contributed by atoms with Gasteiger partial charge in [0.05, 0.1) is 0 Å². The molecule has 1 rings (SSSR count). The molecule has 0 bridgehead atoms. The Bertz CT molecular complexity index is 311. The molecule has 1 N–H and O–H groups in total. The standard InChI is InChI=1S/C17H28ClN/c1-3-17(4-2,14-18)15-19-13-9-8-12-16-10-6-5-7-11-16/h5-7,10-11,19H,3-4,8-9,12-15H2,1-2H3. The molecule has 0 atom stereocenters. The van der Waals surface area contributed by atoms with Crippen molar-refractivity contribution >= 4 is 11.6 Å². The quantitative estimate of drug-likeness (QED) is 0.486. The highest BCUT2D eigenvalue weighted by Gasteiger charge is 2.24. The average molecular weight is 282 g/mol. The van der Waals surface area contributed by atoms with Gasteiger partial charge in [-0.25, -0.2) is 0 Å². The second-order valence-corrected chi connectivity index (χ2v) is 5.73. The van der Waals surface area contributed by atoms with Crippen molar-refractivity contribution in [2.24, 2.45) is 5.41 Å². The van der Waals surface area contributed by atoms with E-state index in [1.165, 1.54) is 24.8 Å². The zero-order valence-corrected chi connectivity index (χ0v) is 13.2. The van der Waals surface area contributed by atoms with Crippen LogP contribution in [0.5, 0.6) is 0 Å². The Morgan fingerprint density at radius 3 is 2.32 bits per heavy atom. The van der Waals surface area contributed by atoms with Crippen LogP contribution in [0.2, 0.25) is 0 Å². The van der Waals surface area contributed by atoms with Crippen LogP contribution in [0.3, 0.4) is 0 Å². The Labute approximate surface area is 123 Å². The number of halogens is 1. The fraction of sp³-hybridized carbons (Fsp3) is 0.647. The second kappa shape index (κ2) is 9.39. The van der Waals surface area contributed by atoms with Crippen molar-refractivity contribution in [1.82, 2.24) is 5.32 Å². The molecule has 0 saturated heterocycles. The fourth-order valence-corrected chi connectivity index (χ4v) is 2.79. The Kier molecular flexibility index (Phi) is 8.16. The molecule has 0 spiro atoms. The Morgan fingerprint density at radius 2 is 1.74 bits per heavy atom. The Morgan fingerprint density at radius 1 is 1.05 bits per heavy atom. The third-order valence-electron chi connectivity index (χ3n) is 4.20. The monoisotopic (exact) mass is 281 g/mol. The van der Waals surface area contributed by atoms with E-state index in [-0.39, 0.29) is 0 Å². The summed E-state index contributed by atoms with van der Waals surface area (Å²) >= 11 is 6.10. The minimum absolute atomic E-state index is 0.293. The lowest BCUT2D eigenvalue weighted by Gasteiger charge is -2.29. The van der Waals surface area contributed by atoms with Gasteiger partial charge in [0.25, 0.3) is 0 Å². The van der Waals surface area contributed by atoms with E-state index < -0.39 is 0 Å². The zero-order chi connectivity index (χ0) is 14.0. The van der Waals surface area contributed by atoms with E-state index in [1.807, 2.05) is 0 Å². The molecule has 0 aliphatic carbocycles. The van der Waals surface area contributed by atoms with Crippen molar-refractivity contribution in [2.45, 2.75) is 46.0 Å². The first-order valence-electron chi connectivity index (χ1n) is 7.57. The van der Waals surface area contributed by atoms with Crippen LogP contribution in [-0.4, -0.2) is 19.0 Å². The molecule has 108 valence electrons. The van der Waals surface area contributed by atoms with Gasteiger partial charge in [-0.3, -0.25) is 0 Å². The van der Waals surface area contributed by atoms with Crippen LogP contribution in [0.1, 0.15) is 45.1 Å². The lowest BCUT2D eigenvalue weighted by atomic mass is 9.84. The lowest BCUT2D eigenvalue weighted by molar-refractivity contribution is 0.286. The predicted molar refractivity (Wildman–Crippen MR) is 86.0 cm³/mol. The summed E-state index contributed by atoms with van der Waals surface area (Å²) in [7, 11) is 0. The van der Waals surface area contributed by atoms with Gasteiger partial charge in [-0.1, -0.05) is 44.2 Å². The van der Waals surface area contributed by atoms with Gasteiger partial charge in [0.15, 0.2) is 0 Å². The number of nitrogens with one attached hydrogen (secondary N) is 1. The smallest absolute Gasteiger partial charge is 0.0291 e. The largest absolute Gasteiger partial charge is 0.316 e. The van der Waals surface area contributed by atoms with Gasteiger partial charge in [0.1, 0.15) is 0 Å². The molecule has 1 aromatic carbocycles. The minimum Gasteiger partial charge on any atom is -0.316 e. The lowest BCUT2D eigenvalue weighted by Crippen LogP contribution is -2.35. The summed E-state index contributed by atoms with van der Waals surface area (Å²) in [5, 5.41) is 3.58. The number of alkyl halides is 1. The van der Waals surface area contributed by atoms with E-state index in [0.29, 0.717) is 5.41 Å². The first-order valence-corrected chi connectivity index (χ1v) is 8.10. The van der Waals surface area contributed by atoms with Crippen LogP contribution in [-0.2, 0) is 6.42 Å². The molecule has 0 aromatic heterocycles. The number of aryl methyl sites for hydroxylation is 1. The average Bonchev–Trinajstić information content (AvgIpc) is 2.48. The van der Waals surface area contributed by atoms with E-state index in [9.17, 15) is 0 Å². The highest BCUT2D eigenvalue weighted by Crippen LogP contribution is 2.26. The molecule has 0 radical (unpaired) electrons. The third-order valence-corrected chi connectivity index (χ3v) is 4.76. The maximum atomic E-state index is 6.10. The van der Waals surface area contributed by atoms with Gasteiger partial charge in [-0.15, -0.1) is 11.6 Å². The van der Waals surface area contributed by atoms with Crippen LogP contribution in [0.15, 0.2) is 30.3 Å². The van der Waals surface area contributed by atoms with Crippen LogP contribution in [0, 0.1) is 5.41 Å². The molecule has 1 nitrogen and oxygen atoms in total. The van der Waals surface area contributed by atoms with E-state index in [4.69, 9.17) is 11.6 Å². The first-order chi connectivity index (χ1) is 9.26. The van der Waals surface area contributed by atoms with Gasteiger partial charge in [0.2, 0.25) is 0 Å². The van der Waals surface area contributed by atoms with Gasteiger partial charge in [-0.05, 0) is 49.6 Å². The van der Waals surface area contributed by atoms with Crippen LogP contribution in [0.4, 0.5) is 0 Å². The van der Waals surface area contributed by atoms with Gasteiger partial charge in [-0.2, -0.15) is 0 Å². The Hall–Kier alpha value is -0.530. The number of rotatable bonds is 10. The van der Waals surface area contributed by atoms with E-state index in [2.05, 4.69) is 49.5 Å². The molecule has 0 unspecified atom stereocenters. The first kappa shape index (κ1) is 16.5. The van der Waals surface area contributed by atoms with Crippen molar-refractivity contribution in [1.29, 1.82) is 0 Å². The zero-order valence-electron chi connectivity index (χ0n) is 12.4.